The number of carbonyl (C=O) groups excluding carboxylic acids is 1. The Morgan fingerprint density at radius 2 is 1.78 bits per heavy atom. The number of unbranched alkanes of at least 4 members (excludes halogenated alkanes) is 1. The first-order valence-electron chi connectivity index (χ1n) is 14.5. The average Bonchev–Trinajstić information content (AvgIpc) is 3.42. The summed E-state index contributed by atoms with van der Waals surface area (Å²) >= 11 is 0. The molecule has 1 aliphatic carbocycles. The molecule has 2 aromatic carbocycles. The van der Waals surface area contributed by atoms with Gasteiger partial charge in [0.1, 0.15) is 11.9 Å². The Bertz CT molecular complexity index is 1610. The molecule has 1 aliphatic rings. The lowest BCUT2D eigenvalue weighted by molar-refractivity contribution is -0.149. The predicted molar refractivity (Wildman–Crippen MR) is 156 cm³/mol. The van der Waals surface area contributed by atoms with Crippen LogP contribution >= 0.6 is 0 Å². The van der Waals surface area contributed by atoms with E-state index in [9.17, 15) is 14.4 Å². The number of benzene rings is 2. The van der Waals surface area contributed by atoms with Gasteiger partial charge in [0, 0.05) is 23.2 Å². The summed E-state index contributed by atoms with van der Waals surface area (Å²) in [7, 11) is 0. The van der Waals surface area contributed by atoms with Gasteiger partial charge < -0.3 is 4.74 Å². The number of nitrogens with one attached hydrogen (secondary N) is 1. The van der Waals surface area contributed by atoms with Crippen LogP contribution in [0.5, 0.6) is 0 Å². The third-order valence-electron chi connectivity index (χ3n) is 7.70. The third-order valence-corrected chi connectivity index (χ3v) is 7.70. The van der Waals surface area contributed by atoms with E-state index in [2.05, 4.69) is 17.1 Å². The Hall–Kier alpha value is -4.27. The van der Waals surface area contributed by atoms with Crippen molar-refractivity contribution >= 4 is 5.97 Å². The fourth-order valence-electron chi connectivity index (χ4n) is 5.46. The van der Waals surface area contributed by atoms with Crippen LogP contribution in [0.3, 0.4) is 0 Å². The number of hydrogen-bond donors (Lipinski definition) is 1. The molecule has 1 saturated carbocycles. The molecule has 4 aromatic rings. The van der Waals surface area contributed by atoms with Crippen LogP contribution in [0.2, 0.25) is 0 Å². The summed E-state index contributed by atoms with van der Waals surface area (Å²) in [5, 5.41) is 3.84. The van der Waals surface area contributed by atoms with E-state index < -0.39 is 5.76 Å². The Labute approximate surface area is 238 Å². The summed E-state index contributed by atoms with van der Waals surface area (Å²) in [6.07, 6.45) is 7.55. The molecule has 214 valence electrons. The zero-order valence-corrected chi connectivity index (χ0v) is 23.7. The van der Waals surface area contributed by atoms with Crippen LogP contribution in [0.15, 0.2) is 62.6 Å². The molecular formula is C32H36N4O5. The predicted octanol–water partition coefficient (Wildman–Crippen LogP) is 5.37. The van der Waals surface area contributed by atoms with E-state index in [4.69, 9.17) is 14.2 Å². The van der Waals surface area contributed by atoms with Gasteiger partial charge in [-0.15, -0.1) is 0 Å². The lowest BCUT2D eigenvalue weighted by Gasteiger charge is -2.22. The number of rotatable bonds is 10. The number of ether oxygens (including phenoxy) is 1. The summed E-state index contributed by atoms with van der Waals surface area (Å²) in [5.74, 6) is 0.122. The van der Waals surface area contributed by atoms with Crippen molar-refractivity contribution in [2.75, 3.05) is 0 Å². The number of aromatic nitrogens is 4. The molecule has 1 N–H and O–H groups in total. The fraction of sp³-hybridized carbons (Fsp3) is 0.406. The average molecular weight is 557 g/mol. The molecule has 0 aliphatic heterocycles. The van der Waals surface area contributed by atoms with E-state index in [1.165, 1.54) is 6.42 Å². The van der Waals surface area contributed by atoms with Gasteiger partial charge in [-0.1, -0.05) is 73.5 Å². The Kier molecular flexibility index (Phi) is 8.91. The quantitative estimate of drug-likeness (QED) is 0.261. The molecular weight excluding hydrogens is 520 g/mol. The van der Waals surface area contributed by atoms with Gasteiger partial charge in [-0.2, -0.15) is 0 Å². The molecule has 0 saturated heterocycles. The van der Waals surface area contributed by atoms with Gasteiger partial charge in [0.25, 0.3) is 5.56 Å². The Morgan fingerprint density at radius 1 is 1.05 bits per heavy atom. The summed E-state index contributed by atoms with van der Waals surface area (Å²) < 4.78 is 12.1. The number of esters is 1. The molecule has 0 atom stereocenters. The van der Waals surface area contributed by atoms with Crippen LogP contribution < -0.4 is 11.3 Å². The third kappa shape index (κ3) is 6.73. The van der Waals surface area contributed by atoms with E-state index in [1.807, 2.05) is 48.5 Å². The number of carbonyl (C=O) groups is 1. The van der Waals surface area contributed by atoms with Crippen LogP contribution in [0, 0.1) is 6.92 Å². The van der Waals surface area contributed by atoms with Crippen molar-refractivity contribution in [2.45, 2.75) is 84.3 Å². The van der Waals surface area contributed by atoms with Crippen molar-refractivity contribution in [1.29, 1.82) is 0 Å². The molecule has 2 heterocycles. The molecule has 5 rings (SSSR count). The molecule has 0 radical (unpaired) electrons. The lowest BCUT2D eigenvalue weighted by atomic mass is 9.98. The highest BCUT2D eigenvalue weighted by molar-refractivity contribution is 5.80. The fourth-order valence-corrected chi connectivity index (χ4v) is 5.46. The highest BCUT2D eigenvalue weighted by Crippen LogP contribution is 2.30. The molecule has 0 bridgehead atoms. The minimum Gasteiger partial charge on any atom is -0.462 e. The van der Waals surface area contributed by atoms with Gasteiger partial charge in [0.2, 0.25) is 0 Å². The van der Waals surface area contributed by atoms with Gasteiger partial charge in [-0.25, -0.2) is 9.78 Å². The first kappa shape index (κ1) is 28.3. The number of nitrogens with zero attached hydrogens (tertiary/aromatic N) is 3. The summed E-state index contributed by atoms with van der Waals surface area (Å²) in [5.41, 5.74) is 4.31. The summed E-state index contributed by atoms with van der Waals surface area (Å²) in [6.45, 7) is 4.25. The maximum Gasteiger partial charge on any atom is 0.439 e. The molecule has 0 amide bonds. The molecule has 41 heavy (non-hydrogen) atoms. The van der Waals surface area contributed by atoms with Crippen LogP contribution in [-0.4, -0.2) is 31.8 Å². The van der Waals surface area contributed by atoms with Crippen LogP contribution in [0.25, 0.3) is 22.5 Å². The van der Waals surface area contributed by atoms with E-state index in [0.29, 0.717) is 30.0 Å². The van der Waals surface area contributed by atoms with Crippen LogP contribution in [-0.2, 0) is 28.9 Å². The molecule has 9 heteroatoms. The second-order valence-corrected chi connectivity index (χ2v) is 10.7. The van der Waals surface area contributed by atoms with Gasteiger partial charge in [-0.3, -0.25) is 23.7 Å². The first-order chi connectivity index (χ1) is 19.9. The van der Waals surface area contributed by atoms with Gasteiger partial charge in [0.05, 0.1) is 13.0 Å². The van der Waals surface area contributed by atoms with E-state index in [-0.39, 0.29) is 24.1 Å². The maximum absolute atomic E-state index is 13.8. The summed E-state index contributed by atoms with van der Waals surface area (Å²) in [4.78, 5) is 45.5. The SMILES string of the molecule is CCCCc1nc(C)c(CC(=O)OC2CCCCC2)c(=O)n1Cc1ccc(-c2ccccc2-c2noc(=O)[nH]2)cc1. The van der Waals surface area contributed by atoms with Crippen LogP contribution in [0.1, 0.15) is 74.5 Å². The standard InChI is InChI=1S/C32H36N4O5/c1-3-4-14-28-33-21(2)27(19-29(37)40-24-10-6-5-7-11-24)31(38)36(28)20-22-15-17-23(18-16-22)25-12-8-9-13-26(25)30-34-32(39)41-35-30/h8-9,12-13,15-18,24H,3-7,10-11,14,19-20H2,1-2H3,(H,34,35,39). The van der Waals surface area contributed by atoms with Crippen LogP contribution in [0.4, 0.5) is 0 Å². The molecule has 1 fully saturated rings. The zero-order valence-electron chi connectivity index (χ0n) is 23.7. The Morgan fingerprint density at radius 3 is 2.46 bits per heavy atom. The van der Waals surface area contributed by atoms with Crippen molar-refractivity contribution in [2.24, 2.45) is 0 Å². The minimum atomic E-state index is -0.609. The molecule has 0 unspecified atom stereocenters. The topological polar surface area (TPSA) is 120 Å². The van der Waals surface area contributed by atoms with Crippen molar-refractivity contribution in [1.82, 2.24) is 19.7 Å². The van der Waals surface area contributed by atoms with Crippen molar-refractivity contribution in [3.8, 4) is 22.5 Å². The number of aromatic amines is 1. The van der Waals surface area contributed by atoms with E-state index in [0.717, 1.165) is 66.6 Å². The zero-order chi connectivity index (χ0) is 28.8. The van der Waals surface area contributed by atoms with Crippen molar-refractivity contribution in [3.63, 3.8) is 0 Å². The number of hydrogen-bond acceptors (Lipinski definition) is 7. The second kappa shape index (κ2) is 12.9. The smallest absolute Gasteiger partial charge is 0.439 e. The normalized spacial score (nSPS) is 13.8. The van der Waals surface area contributed by atoms with E-state index >= 15 is 0 Å². The lowest BCUT2D eigenvalue weighted by Crippen LogP contribution is -2.32. The highest BCUT2D eigenvalue weighted by Gasteiger charge is 2.22. The van der Waals surface area contributed by atoms with Crippen molar-refractivity contribution in [3.05, 3.63) is 92.1 Å². The van der Waals surface area contributed by atoms with Gasteiger partial charge in [-0.05, 0) is 55.7 Å². The van der Waals surface area contributed by atoms with Gasteiger partial charge >= 0.3 is 11.7 Å². The molecule has 0 spiro atoms. The number of H-pyrrole nitrogens is 1. The minimum absolute atomic E-state index is 0.0521. The largest absolute Gasteiger partial charge is 0.462 e. The molecule has 2 aromatic heterocycles. The van der Waals surface area contributed by atoms with Crippen molar-refractivity contribution < 1.29 is 14.1 Å². The molecule has 9 nitrogen and oxygen atoms in total. The van der Waals surface area contributed by atoms with E-state index in [1.54, 1.807) is 11.5 Å². The number of aryl methyl sites for hydroxylation is 2. The first-order valence-corrected chi connectivity index (χ1v) is 14.5. The highest BCUT2D eigenvalue weighted by atomic mass is 16.5. The summed E-state index contributed by atoms with van der Waals surface area (Å²) in [6, 6.07) is 15.5. The van der Waals surface area contributed by atoms with Gasteiger partial charge in [0.15, 0.2) is 5.82 Å². The monoisotopic (exact) mass is 556 g/mol. The maximum atomic E-state index is 13.8. The second-order valence-electron chi connectivity index (χ2n) is 10.7. The Balaban J connectivity index is 1.41.